The zero-order chi connectivity index (χ0) is 13.4. The summed E-state index contributed by atoms with van der Waals surface area (Å²) in [5, 5.41) is 2.12. The standard InChI is InChI=1S/C15H15NOS2/c1-9-7-10(17-2)3-4-11(9)15(16)14-8-13-12(19-14)5-6-18-13/h3-8,15H,16H2,1-2H3. The van der Waals surface area contributed by atoms with E-state index in [2.05, 4.69) is 30.5 Å². The van der Waals surface area contributed by atoms with Gasteiger partial charge in [-0.1, -0.05) is 6.07 Å². The molecule has 0 saturated carbocycles. The first-order valence-electron chi connectivity index (χ1n) is 6.06. The quantitative estimate of drug-likeness (QED) is 0.779. The molecular formula is C15H15NOS2. The largest absolute Gasteiger partial charge is 0.497 e. The number of nitrogens with two attached hydrogens (primary N) is 1. The Morgan fingerprint density at radius 1 is 1.16 bits per heavy atom. The van der Waals surface area contributed by atoms with Crippen LogP contribution in [0.2, 0.25) is 0 Å². The van der Waals surface area contributed by atoms with Gasteiger partial charge in [0.1, 0.15) is 5.75 Å². The lowest BCUT2D eigenvalue weighted by Gasteiger charge is -2.14. The van der Waals surface area contributed by atoms with Crippen LogP contribution in [0.15, 0.2) is 35.7 Å². The third-order valence-electron chi connectivity index (χ3n) is 3.28. The van der Waals surface area contributed by atoms with Crippen molar-refractivity contribution in [1.29, 1.82) is 0 Å². The lowest BCUT2D eigenvalue weighted by atomic mass is 10.0. The predicted molar refractivity (Wildman–Crippen MR) is 83.5 cm³/mol. The van der Waals surface area contributed by atoms with Gasteiger partial charge in [0.25, 0.3) is 0 Å². The molecule has 3 rings (SSSR count). The molecule has 1 atom stereocenters. The van der Waals surface area contributed by atoms with Gasteiger partial charge in [0.05, 0.1) is 13.2 Å². The minimum Gasteiger partial charge on any atom is -0.497 e. The number of methoxy groups -OCH3 is 1. The number of hydrogen-bond acceptors (Lipinski definition) is 4. The van der Waals surface area contributed by atoms with Gasteiger partial charge in [-0.05, 0) is 47.7 Å². The Morgan fingerprint density at radius 2 is 2.00 bits per heavy atom. The molecule has 0 aliphatic carbocycles. The molecule has 2 N–H and O–H groups in total. The maximum atomic E-state index is 6.41. The lowest BCUT2D eigenvalue weighted by Crippen LogP contribution is -2.11. The second-order valence-corrected chi connectivity index (χ2v) is 6.56. The van der Waals surface area contributed by atoms with Gasteiger partial charge in [-0.15, -0.1) is 22.7 Å². The highest BCUT2D eigenvalue weighted by atomic mass is 32.1. The van der Waals surface area contributed by atoms with Crippen molar-refractivity contribution in [3.8, 4) is 5.75 Å². The molecule has 2 nitrogen and oxygen atoms in total. The molecule has 19 heavy (non-hydrogen) atoms. The van der Waals surface area contributed by atoms with Crippen LogP contribution in [0.4, 0.5) is 0 Å². The molecule has 98 valence electrons. The summed E-state index contributed by atoms with van der Waals surface area (Å²) in [6.07, 6.45) is 0. The van der Waals surface area contributed by atoms with E-state index in [4.69, 9.17) is 10.5 Å². The van der Waals surface area contributed by atoms with E-state index >= 15 is 0 Å². The number of hydrogen-bond donors (Lipinski definition) is 1. The van der Waals surface area contributed by atoms with E-state index in [1.165, 1.54) is 19.8 Å². The molecule has 1 aromatic carbocycles. The number of fused-ring (bicyclic) bond motifs is 1. The molecule has 3 aromatic rings. The highest BCUT2D eigenvalue weighted by Crippen LogP contribution is 2.36. The third-order valence-corrected chi connectivity index (χ3v) is 5.45. The van der Waals surface area contributed by atoms with Gasteiger partial charge < -0.3 is 10.5 Å². The zero-order valence-electron chi connectivity index (χ0n) is 10.8. The number of benzene rings is 1. The summed E-state index contributed by atoms with van der Waals surface area (Å²) in [6, 6.07) is 10.4. The highest BCUT2D eigenvalue weighted by molar-refractivity contribution is 7.27. The van der Waals surface area contributed by atoms with Crippen LogP contribution in [-0.4, -0.2) is 7.11 Å². The SMILES string of the molecule is COc1ccc(C(N)c2cc3sccc3s2)c(C)c1. The number of thiophene rings is 2. The van der Waals surface area contributed by atoms with Crippen molar-refractivity contribution in [1.82, 2.24) is 0 Å². The van der Waals surface area contributed by atoms with Crippen molar-refractivity contribution in [2.24, 2.45) is 5.73 Å². The van der Waals surface area contributed by atoms with Gasteiger partial charge in [-0.3, -0.25) is 0 Å². The van der Waals surface area contributed by atoms with Crippen molar-refractivity contribution in [3.63, 3.8) is 0 Å². The van der Waals surface area contributed by atoms with Gasteiger partial charge in [-0.2, -0.15) is 0 Å². The summed E-state index contributed by atoms with van der Waals surface area (Å²) in [4.78, 5) is 1.22. The number of aryl methyl sites for hydroxylation is 1. The fourth-order valence-corrected chi connectivity index (χ4v) is 4.36. The molecule has 4 heteroatoms. The Morgan fingerprint density at radius 3 is 2.68 bits per heavy atom. The Kier molecular flexibility index (Phi) is 3.31. The van der Waals surface area contributed by atoms with Crippen LogP contribution < -0.4 is 10.5 Å². The van der Waals surface area contributed by atoms with Crippen molar-refractivity contribution < 1.29 is 4.74 Å². The van der Waals surface area contributed by atoms with Crippen LogP contribution in [0.25, 0.3) is 9.40 Å². The molecule has 0 fully saturated rings. The maximum Gasteiger partial charge on any atom is 0.119 e. The van der Waals surface area contributed by atoms with Gasteiger partial charge in [0.2, 0.25) is 0 Å². The summed E-state index contributed by atoms with van der Waals surface area (Å²) in [7, 11) is 1.68. The molecule has 0 aliphatic heterocycles. The predicted octanol–water partition coefficient (Wildman–Crippen LogP) is 4.33. The van der Waals surface area contributed by atoms with E-state index in [1.807, 2.05) is 12.1 Å². The molecular weight excluding hydrogens is 274 g/mol. The molecule has 0 saturated heterocycles. The smallest absolute Gasteiger partial charge is 0.119 e. The van der Waals surface area contributed by atoms with Crippen LogP contribution in [0.3, 0.4) is 0 Å². The van der Waals surface area contributed by atoms with E-state index in [0.29, 0.717) is 0 Å². The minimum atomic E-state index is -0.0597. The van der Waals surface area contributed by atoms with E-state index < -0.39 is 0 Å². The normalized spacial score (nSPS) is 12.8. The van der Waals surface area contributed by atoms with Crippen molar-refractivity contribution in [2.45, 2.75) is 13.0 Å². The molecule has 1 unspecified atom stereocenters. The molecule has 0 radical (unpaired) electrons. The lowest BCUT2D eigenvalue weighted by molar-refractivity contribution is 0.414. The van der Waals surface area contributed by atoms with Crippen LogP contribution in [0.1, 0.15) is 22.0 Å². The summed E-state index contributed by atoms with van der Waals surface area (Å²) in [5.74, 6) is 0.876. The summed E-state index contributed by atoms with van der Waals surface area (Å²) in [6.45, 7) is 2.08. The Bertz CT molecular complexity index is 685. The van der Waals surface area contributed by atoms with Crippen molar-refractivity contribution >= 4 is 32.1 Å². The second kappa shape index (κ2) is 4.96. The fourth-order valence-electron chi connectivity index (χ4n) is 2.22. The average Bonchev–Trinajstić information content (AvgIpc) is 2.98. The first-order chi connectivity index (χ1) is 9.19. The molecule has 2 heterocycles. The highest BCUT2D eigenvalue weighted by Gasteiger charge is 2.15. The van der Waals surface area contributed by atoms with E-state index in [0.717, 1.165) is 11.3 Å². The number of ether oxygens (including phenoxy) is 1. The second-order valence-electron chi connectivity index (χ2n) is 4.50. The Hall–Kier alpha value is -1.36. The van der Waals surface area contributed by atoms with Crippen molar-refractivity contribution in [3.05, 3.63) is 51.7 Å². The molecule has 2 aromatic heterocycles. The molecule has 0 bridgehead atoms. The summed E-state index contributed by atoms with van der Waals surface area (Å²) in [5.41, 5.74) is 8.74. The third kappa shape index (κ3) is 2.27. The van der Waals surface area contributed by atoms with Crippen LogP contribution >= 0.6 is 22.7 Å². The van der Waals surface area contributed by atoms with Gasteiger partial charge in [-0.25, -0.2) is 0 Å². The molecule has 0 spiro atoms. The first-order valence-corrected chi connectivity index (χ1v) is 7.75. The Labute approximate surface area is 120 Å². The van der Waals surface area contributed by atoms with E-state index in [1.54, 1.807) is 29.8 Å². The minimum absolute atomic E-state index is 0.0597. The zero-order valence-corrected chi connectivity index (χ0v) is 12.5. The maximum absolute atomic E-state index is 6.41. The van der Waals surface area contributed by atoms with Crippen LogP contribution in [0, 0.1) is 6.92 Å². The van der Waals surface area contributed by atoms with Gasteiger partial charge >= 0.3 is 0 Å². The van der Waals surface area contributed by atoms with Crippen molar-refractivity contribution in [2.75, 3.05) is 7.11 Å². The van der Waals surface area contributed by atoms with Gasteiger partial charge in [0, 0.05) is 14.3 Å². The van der Waals surface area contributed by atoms with E-state index in [-0.39, 0.29) is 6.04 Å². The molecule has 0 amide bonds. The average molecular weight is 289 g/mol. The topological polar surface area (TPSA) is 35.2 Å². The first kappa shape index (κ1) is 12.7. The fraction of sp³-hybridized carbons (Fsp3) is 0.200. The van der Waals surface area contributed by atoms with Gasteiger partial charge in [0.15, 0.2) is 0 Å². The summed E-state index contributed by atoms with van der Waals surface area (Å²) >= 11 is 3.55. The summed E-state index contributed by atoms with van der Waals surface area (Å²) < 4.78 is 7.88. The molecule has 0 aliphatic rings. The number of rotatable bonds is 3. The van der Waals surface area contributed by atoms with E-state index in [9.17, 15) is 0 Å². The Balaban J connectivity index is 1.99. The monoisotopic (exact) mass is 289 g/mol. The van der Waals surface area contributed by atoms with Crippen LogP contribution in [0.5, 0.6) is 5.75 Å². The van der Waals surface area contributed by atoms with Crippen LogP contribution in [-0.2, 0) is 0 Å².